The first kappa shape index (κ1) is 14.8. The van der Waals surface area contributed by atoms with E-state index in [0.717, 1.165) is 29.1 Å². The van der Waals surface area contributed by atoms with Crippen LogP contribution < -0.4 is 5.32 Å². The summed E-state index contributed by atoms with van der Waals surface area (Å²) >= 11 is 0. The van der Waals surface area contributed by atoms with Crippen LogP contribution in [0.3, 0.4) is 0 Å². The maximum Gasteiger partial charge on any atom is 0.331 e. The fourth-order valence-corrected chi connectivity index (χ4v) is 1.72. The van der Waals surface area contributed by atoms with Crippen molar-refractivity contribution >= 4 is 28.6 Å². The third kappa shape index (κ3) is 2.65. The van der Waals surface area contributed by atoms with Crippen LogP contribution in [0, 0.1) is 30.3 Å². The number of nitro benzene ring substituents is 2. The Labute approximate surface area is 121 Å². The quantitative estimate of drug-likeness (QED) is 0.647. The first-order valence-electron chi connectivity index (χ1n) is 5.67. The number of benzene rings is 1. The Hall–Kier alpha value is -3.57. The average molecular weight is 308 g/mol. The normalized spacial score (nSPS) is 10.2. The van der Waals surface area contributed by atoms with E-state index in [-0.39, 0.29) is 17.2 Å². The molecule has 0 unspecified atom stereocenters. The molecule has 0 saturated heterocycles. The number of hydrogen-bond donors (Lipinski definition) is 1. The lowest BCUT2D eigenvalue weighted by molar-refractivity contribution is -0.393. The molecule has 2 aromatic rings. The molecule has 114 valence electrons. The molecular weight excluding hydrogens is 300 g/mol. The second-order valence-corrected chi connectivity index (χ2v) is 4.10. The third-order valence-electron chi connectivity index (χ3n) is 2.76. The van der Waals surface area contributed by atoms with Crippen LogP contribution in [-0.4, -0.2) is 24.6 Å². The highest BCUT2D eigenvalue weighted by Crippen LogP contribution is 2.34. The highest BCUT2D eigenvalue weighted by Gasteiger charge is 2.24. The van der Waals surface area contributed by atoms with Crippen molar-refractivity contribution in [2.45, 2.75) is 0 Å². The molecule has 12 nitrogen and oxygen atoms in total. The Morgan fingerprint density at radius 2 is 1.68 bits per heavy atom. The molecular formula is C10H8N6O6. The summed E-state index contributed by atoms with van der Waals surface area (Å²) in [5.74, 6) is -0.0815. The molecule has 0 atom stereocenters. The highest BCUT2D eigenvalue weighted by atomic mass is 16.6. The molecule has 0 radical (unpaired) electrons. The fraction of sp³-hybridized carbons (Fsp3) is 0.100. The minimum absolute atomic E-state index is 0.0815. The summed E-state index contributed by atoms with van der Waals surface area (Å²) in [6.07, 6.45) is 0.986. The minimum Gasteiger partial charge on any atom is -0.329 e. The Morgan fingerprint density at radius 3 is 2.23 bits per heavy atom. The van der Waals surface area contributed by atoms with Crippen molar-refractivity contribution in [1.82, 2.24) is 9.78 Å². The molecule has 2 rings (SSSR count). The van der Waals surface area contributed by atoms with Crippen molar-refractivity contribution in [1.29, 1.82) is 0 Å². The van der Waals surface area contributed by atoms with Crippen molar-refractivity contribution in [3.05, 3.63) is 54.7 Å². The standard InChI is InChI=1S/C10H8N6O6/c1-13-10(9(5-11-13)16(21)22)12-7-3-2-6(14(17)18)4-8(7)15(19)20/h2-5,12H,1H3. The second-order valence-electron chi connectivity index (χ2n) is 4.10. The maximum atomic E-state index is 11.0. The van der Waals surface area contributed by atoms with Crippen LogP contribution in [0.1, 0.15) is 0 Å². The number of non-ortho nitro benzene ring substituents is 1. The van der Waals surface area contributed by atoms with Gasteiger partial charge in [-0.1, -0.05) is 0 Å². The highest BCUT2D eigenvalue weighted by molar-refractivity contribution is 5.74. The largest absolute Gasteiger partial charge is 0.331 e. The zero-order valence-corrected chi connectivity index (χ0v) is 11.0. The molecule has 1 aromatic heterocycles. The maximum absolute atomic E-state index is 11.0. The van der Waals surface area contributed by atoms with Crippen molar-refractivity contribution in [2.24, 2.45) is 7.05 Å². The summed E-state index contributed by atoms with van der Waals surface area (Å²) in [4.78, 5) is 30.3. The van der Waals surface area contributed by atoms with Gasteiger partial charge in [-0.05, 0) is 6.07 Å². The molecule has 1 N–H and O–H groups in total. The molecule has 0 amide bonds. The average Bonchev–Trinajstić information content (AvgIpc) is 2.80. The molecule has 1 heterocycles. The molecule has 0 fully saturated rings. The van der Waals surface area contributed by atoms with Gasteiger partial charge in [0.2, 0.25) is 5.82 Å². The lowest BCUT2D eigenvalue weighted by Gasteiger charge is -2.06. The van der Waals surface area contributed by atoms with E-state index in [2.05, 4.69) is 10.4 Å². The molecule has 22 heavy (non-hydrogen) atoms. The summed E-state index contributed by atoms with van der Waals surface area (Å²) in [5, 5.41) is 38.8. The zero-order valence-electron chi connectivity index (χ0n) is 11.0. The van der Waals surface area contributed by atoms with Crippen molar-refractivity contribution in [2.75, 3.05) is 5.32 Å². The number of hydrogen-bond acceptors (Lipinski definition) is 8. The lowest BCUT2D eigenvalue weighted by atomic mass is 10.2. The van der Waals surface area contributed by atoms with Gasteiger partial charge >= 0.3 is 5.69 Å². The van der Waals surface area contributed by atoms with Gasteiger partial charge in [0.15, 0.2) is 0 Å². The van der Waals surface area contributed by atoms with Crippen LogP contribution in [0.2, 0.25) is 0 Å². The van der Waals surface area contributed by atoms with Crippen molar-refractivity contribution in [3.8, 4) is 0 Å². The van der Waals surface area contributed by atoms with Gasteiger partial charge in [0.25, 0.3) is 11.4 Å². The van der Waals surface area contributed by atoms with E-state index in [1.54, 1.807) is 0 Å². The molecule has 0 aliphatic rings. The van der Waals surface area contributed by atoms with Crippen molar-refractivity contribution in [3.63, 3.8) is 0 Å². The molecule has 0 spiro atoms. The van der Waals surface area contributed by atoms with Gasteiger partial charge in [0, 0.05) is 13.1 Å². The van der Waals surface area contributed by atoms with Gasteiger partial charge in [-0.2, -0.15) is 5.10 Å². The van der Waals surface area contributed by atoms with E-state index in [1.165, 1.54) is 7.05 Å². The van der Waals surface area contributed by atoms with Gasteiger partial charge in [-0.25, -0.2) is 4.68 Å². The van der Waals surface area contributed by atoms with Crippen LogP contribution in [0.15, 0.2) is 24.4 Å². The Bertz CT molecular complexity index is 784. The van der Waals surface area contributed by atoms with E-state index in [4.69, 9.17) is 0 Å². The minimum atomic E-state index is -0.822. The van der Waals surface area contributed by atoms with Gasteiger partial charge in [-0.15, -0.1) is 0 Å². The lowest BCUT2D eigenvalue weighted by Crippen LogP contribution is -2.04. The van der Waals surface area contributed by atoms with E-state index < -0.39 is 26.1 Å². The number of nitro groups is 3. The molecule has 0 bridgehead atoms. The van der Waals surface area contributed by atoms with E-state index in [0.29, 0.717) is 0 Å². The van der Waals surface area contributed by atoms with E-state index in [9.17, 15) is 30.3 Å². The summed E-state index contributed by atoms with van der Waals surface area (Å²) in [6, 6.07) is 2.93. The molecule has 0 aliphatic heterocycles. The van der Waals surface area contributed by atoms with Gasteiger partial charge in [-0.3, -0.25) is 30.3 Å². The predicted molar refractivity (Wildman–Crippen MR) is 72.9 cm³/mol. The number of rotatable bonds is 5. The first-order chi connectivity index (χ1) is 10.3. The Morgan fingerprint density at radius 1 is 1.05 bits per heavy atom. The number of aryl methyl sites for hydroxylation is 1. The summed E-state index contributed by atoms with van der Waals surface area (Å²) in [6.45, 7) is 0. The smallest absolute Gasteiger partial charge is 0.329 e. The third-order valence-corrected chi connectivity index (χ3v) is 2.76. The van der Waals surface area contributed by atoms with Crippen LogP contribution >= 0.6 is 0 Å². The molecule has 0 aliphatic carbocycles. The number of nitrogens with one attached hydrogen (secondary N) is 1. The Kier molecular flexibility index (Phi) is 3.66. The van der Waals surface area contributed by atoms with Crippen LogP contribution in [0.4, 0.5) is 28.6 Å². The molecule has 1 aromatic carbocycles. The SMILES string of the molecule is Cn1ncc([N+](=O)[O-])c1Nc1ccc([N+](=O)[O-])cc1[N+](=O)[O-]. The zero-order chi connectivity index (χ0) is 16.4. The van der Waals surface area contributed by atoms with Crippen LogP contribution in [0.5, 0.6) is 0 Å². The Balaban J connectivity index is 2.50. The summed E-state index contributed by atoms with van der Waals surface area (Å²) in [5.41, 5.74) is -1.54. The molecule has 0 saturated carbocycles. The number of anilines is 2. The van der Waals surface area contributed by atoms with Gasteiger partial charge < -0.3 is 5.32 Å². The monoisotopic (exact) mass is 308 g/mol. The second kappa shape index (κ2) is 5.43. The number of nitrogens with zero attached hydrogens (tertiary/aromatic N) is 5. The van der Waals surface area contributed by atoms with Crippen LogP contribution in [0.25, 0.3) is 0 Å². The summed E-state index contributed by atoms with van der Waals surface area (Å²) in [7, 11) is 1.41. The number of aromatic nitrogens is 2. The topological polar surface area (TPSA) is 159 Å². The van der Waals surface area contributed by atoms with E-state index in [1.807, 2.05) is 0 Å². The first-order valence-corrected chi connectivity index (χ1v) is 5.67. The molecule has 12 heteroatoms. The van der Waals surface area contributed by atoms with Crippen LogP contribution in [-0.2, 0) is 7.05 Å². The van der Waals surface area contributed by atoms with Gasteiger partial charge in [0.1, 0.15) is 11.9 Å². The van der Waals surface area contributed by atoms with Gasteiger partial charge in [0.05, 0.1) is 20.8 Å². The van der Waals surface area contributed by atoms with E-state index >= 15 is 0 Å². The van der Waals surface area contributed by atoms with Crippen molar-refractivity contribution < 1.29 is 14.8 Å². The fourth-order valence-electron chi connectivity index (χ4n) is 1.72. The summed E-state index contributed by atoms with van der Waals surface area (Å²) < 4.78 is 1.13. The predicted octanol–water partition coefficient (Wildman–Crippen LogP) is 1.89.